The van der Waals surface area contributed by atoms with Gasteiger partial charge in [-0.15, -0.1) is 0 Å². The number of fused-ring (bicyclic) bond motifs is 7. The molecule has 5 saturated carbocycles. The summed E-state index contributed by atoms with van der Waals surface area (Å²) in [6, 6.07) is 0.247. The number of hydrogen-bond donors (Lipinski definition) is 2. The molecule has 1 amide bonds. The lowest BCUT2D eigenvalue weighted by atomic mass is 9.32. The minimum absolute atomic E-state index is 0.0995. The van der Waals surface area contributed by atoms with Crippen molar-refractivity contribution in [1.82, 2.24) is 4.90 Å². The van der Waals surface area contributed by atoms with E-state index in [1.807, 2.05) is 0 Å². The van der Waals surface area contributed by atoms with E-state index in [2.05, 4.69) is 39.5 Å². The number of ether oxygens (including phenoxy) is 1. The number of carbonyl (C=O) groups excluding carboxylic acids is 2. The highest BCUT2D eigenvalue weighted by molar-refractivity contribution is 5.81. The van der Waals surface area contributed by atoms with Crippen molar-refractivity contribution in [2.75, 3.05) is 13.1 Å². The molecule has 7 heteroatoms. The number of amides is 1. The molecule has 6 aliphatic rings. The molecule has 2 unspecified atom stereocenters. The Kier molecular flexibility index (Phi) is 8.54. The second-order valence-electron chi connectivity index (χ2n) is 19.1. The van der Waals surface area contributed by atoms with Gasteiger partial charge in [-0.25, -0.2) is 0 Å². The first-order valence-corrected chi connectivity index (χ1v) is 18.9. The molecule has 5 aliphatic carbocycles. The zero-order valence-electron chi connectivity index (χ0n) is 30.1. The molecule has 0 radical (unpaired) electrons. The SMILES string of the molecule is CC(C)(CC(=O)O[C@H]1CC[C@@]2(C)C(CC[C@]3(C)C2CC[C@@H]2[C@H]4CCC[C@]4(CC(=O)N4CCC(N)CC4)CC[C@]23C)C1(C)C)C(=O)O. The highest BCUT2D eigenvalue weighted by Gasteiger charge is 2.70. The first-order valence-electron chi connectivity index (χ1n) is 18.9. The van der Waals surface area contributed by atoms with Crippen LogP contribution in [0.5, 0.6) is 0 Å². The summed E-state index contributed by atoms with van der Waals surface area (Å²) in [6.45, 7) is 17.4. The highest BCUT2D eigenvalue weighted by atomic mass is 16.5. The Hall–Kier alpha value is -1.63. The second kappa shape index (κ2) is 11.5. The average molecular weight is 641 g/mol. The molecule has 0 aromatic rings. The van der Waals surface area contributed by atoms with Crippen LogP contribution in [0.3, 0.4) is 0 Å². The van der Waals surface area contributed by atoms with Crippen LogP contribution >= 0.6 is 0 Å². The van der Waals surface area contributed by atoms with Gasteiger partial charge in [-0.1, -0.05) is 41.0 Å². The first-order chi connectivity index (χ1) is 21.4. The van der Waals surface area contributed by atoms with Gasteiger partial charge in [-0.05, 0) is 136 Å². The average Bonchev–Trinajstić information content (AvgIpc) is 3.38. The third-order valence-corrected chi connectivity index (χ3v) is 16.3. The van der Waals surface area contributed by atoms with Gasteiger partial charge >= 0.3 is 11.9 Å². The molecule has 46 heavy (non-hydrogen) atoms. The summed E-state index contributed by atoms with van der Waals surface area (Å²) in [4.78, 5) is 40.5. The van der Waals surface area contributed by atoms with Gasteiger partial charge in [0.15, 0.2) is 0 Å². The highest BCUT2D eigenvalue weighted by Crippen LogP contribution is 2.77. The summed E-state index contributed by atoms with van der Waals surface area (Å²) in [5, 5.41) is 9.56. The predicted octanol–water partition coefficient (Wildman–Crippen LogP) is 7.59. The van der Waals surface area contributed by atoms with E-state index in [1.165, 1.54) is 51.4 Å². The van der Waals surface area contributed by atoms with Crippen molar-refractivity contribution < 1.29 is 24.2 Å². The summed E-state index contributed by atoms with van der Waals surface area (Å²) in [7, 11) is 0. The van der Waals surface area contributed by atoms with Crippen LogP contribution in [0.25, 0.3) is 0 Å². The lowest BCUT2D eigenvalue weighted by Crippen LogP contribution is -2.66. The number of carboxylic acid groups (broad SMARTS) is 1. The maximum absolute atomic E-state index is 13.7. The van der Waals surface area contributed by atoms with E-state index < -0.39 is 11.4 Å². The van der Waals surface area contributed by atoms with Crippen molar-refractivity contribution in [2.45, 2.75) is 157 Å². The van der Waals surface area contributed by atoms with E-state index >= 15 is 0 Å². The normalized spacial score (nSPS) is 43.9. The van der Waals surface area contributed by atoms with Crippen molar-refractivity contribution in [1.29, 1.82) is 0 Å². The van der Waals surface area contributed by atoms with Gasteiger partial charge in [-0.3, -0.25) is 14.4 Å². The predicted molar refractivity (Wildman–Crippen MR) is 180 cm³/mol. The molecule has 0 bridgehead atoms. The summed E-state index contributed by atoms with van der Waals surface area (Å²) >= 11 is 0. The van der Waals surface area contributed by atoms with E-state index in [0.29, 0.717) is 29.6 Å². The standard InChI is InChI=1S/C39H64N2O5/c1-34(2,33(44)45)24-32(43)46-30-13-17-36(5)28(35(30,3)4)12-18-38(7)29(36)11-10-26-27-9-8-16-39(27,20-19-37(26,38)6)23-31(42)41-21-14-25(40)15-22-41/h25-30H,8-24,40H2,1-7H3,(H,44,45)/t26-,27-,28?,29?,30+,36+,37-,38-,39-/m1/s1. The van der Waals surface area contributed by atoms with Gasteiger partial charge in [0.2, 0.25) is 5.91 Å². The van der Waals surface area contributed by atoms with E-state index in [-0.39, 0.29) is 51.6 Å². The van der Waals surface area contributed by atoms with Crippen LogP contribution in [-0.2, 0) is 19.1 Å². The molecule has 3 N–H and O–H groups in total. The van der Waals surface area contributed by atoms with Gasteiger partial charge in [0.25, 0.3) is 0 Å². The van der Waals surface area contributed by atoms with Gasteiger partial charge in [0, 0.05) is 31.0 Å². The number of carbonyl (C=O) groups is 3. The van der Waals surface area contributed by atoms with E-state index in [9.17, 15) is 19.5 Å². The fraction of sp³-hybridized carbons (Fsp3) is 0.923. The number of rotatable bonds is 6. The topological polar surface area (TPSA) is 110 Å². The van der Waals surface area contributed by atoms with Crippen molar-refractivity contribution in [3.8, 4) is 0 Å². The largest absolute Gasteiger partial charge is 0.481 e. The molecule has 260 valence electrons. The maximum atomic E-state index is 13.7. The Morgan fingerprint density at radius 2 is 1.50 bits per heavy atom. The summed E-state index contributed by atoms with van der Waals surface area (Å²) in [6.07, 6.45) is 15.4. The number of nitrogens with zero attached hydrogens (tertiary/aromatic N) is 1. The molecule has 1 heterocycles. The van der Waals surface area contributed by atoms with Crippen LogP contribution in [0.4, 0.5) is 0 Å². The fourth-order valence-corrected chi connectivity index (χ4v) is 13.4. The molecule has 7 nitrogen and oxygen atoms in total. The molecule has 1 saturated heterocycles. The molecule has 0 aromatic carbocycles. The van der Waals surface area contributed by atoms with Crippen LogP contribution in [0.2, 0.25) is 0 Å². The monoisotopic (exact) mass is 640 g/mol. The smallest absolute Gasteiger partial charge is 0.309 e. The second-order valence-corrected chi connectivity index (χ2v) is 19.1. The molecule has 6 fully saturated rings. The van der Waals surface area contributed by atoms with Gasteiger partial charge in [0.1, 0.15) is 6.10 Å². The Balaban J connectivity index is 1.19. The minimum atomic E-state index is -1.13. The number of carboxylic acids is 1. The Morgan fingerprint density at radius 1 is 0.804 bits per heavy atom. The number of hydrogen-bond acceptors (Lipinski definition) is 5. The number of likely N-dealkylation sites (tertiary alicyclic amines) is 1. The minimum Gasteiger partial charge on any atom is -0.481 e. The van der Waals surface area contributed by atoms with E-state index in [0.717, 1.165) is 51.6 Å². The summed E-state index contributed by atoms with van der Waals surface area (Å²) in [5.41, 5.74) is 5.77. The number of esters is 1. The van der Waals surface area contributed by atoms with Crippen molar-refractivity contribution in [3.05, 3.63) is 0 Å². The lowest BCUT2D eigenvalue weighted by Gasteiger charge is -2.72. The fourth-order valence-electron chi connectivity index (χ4n) is 13.4. The van der Waals surface area contributed by atoms with E-state index in [1.54, 1.807) is 13.8 Å². The molecule has 0 aromatic heterocycles. The zero-order chi connectivity index (χ0) is 33.5. The Labute approximate surface area is 278 Å². The summed E-state index contributed by atoms with van der Waals surface area (Å²) < 4.78 is 6.15. The zero-order valence-corrected chi connectivity index (χ0v) is 30.1. The molecule has 6 rings (SSSR count). The van der Waals surface area contributed by atoms with Gasteiger partial charge in [-0.2, -0.15) is 0 Å². The first kappa shape index (κ1) is 34.2. The number of piperidine rings is 1. The third-order valence-electron chi connectivity index (χ3n) is 16.3. The van der Waals surface area contributed by atoms with Crippen LogP contribution in [0.1, 0.15) is 145 Å². The lowest BCUT2D eigenvalue weighted by molar-refractivity contribution is -0.248. The van der Waals surface area contributed by atoms with Crippen molar-refractivity contribution in [3.63, 3.8) is 0 Å². The maximum Gasteiger partial charge on any atom is 0.309 e. The molecular weight excluding hydrogens is 576 g/mol. The van der Waals surface area contributed by atoms with Crippen LogP contribution in [-0.4, -0.2) is 53.1 Å². The quantitative estimate of drug-likeness (QED) is 0.290. The summed E-state index contributed by atoms with van der Waals surface area (Å²) in [5.74, 6) is 1.49. The van der Waals surface area contributed by atoms with Crippen molar-refractivity contribution >= 4 is 17.8 Å². The molecule has 9 atom stereocenters. The third kappa shape index (κ3) is 5.18. The van der Waals surface area contributed by atoms with E-state index in [4.69, 9.17) is 10.5 Å². The molecule has 1 aliphatic heterocycles. The molecular formula is C39H64N2O5. The van der Waals surface area contributed by atoms with Crippen LogP contribution in [0.15, 0.2) is 0 Å². The van der Waals surface area contributed by atoms with Crippen LogP contribution in [0, 0.1) is 56.2 Å². The Morgan fingerprint density at radius 3 is 2.17 bits per heavy atom. The van der Waals surface area contributed by atoms with Gasteiger partial charge in [0.05, 0.1) is 11.8 Å². The van der Waals surface area contributed by atoms with Crippen LogP contribution < -0.4 is 5.73 Å². The van der Waals surface area contributed by atoms with Gasteiger partial charge < -0.3 is 20.5 Å². The number of nitrogens with two attached hydrogens (primary N) is 1. The molecule has 0 spiro atoms. The Bertz CT molecular complexity index is 1220. The van der Waals surface area contributed by atoms with Crippen molar-refractivity contribution in [2.24, 2.45) is 61.9 Å². The number of aliphatic carboxylic acids is 1.